The molecule has 2 aromatic rings. The zero-order chi connectivity index (χ0) is 27.0. The van der Waals surface area contributed by atoms with Gasteiger partial charge in [0.05, 0.1) is 17.1 Å². The molecule has 2 heteroatoms. The van der Waals surface area contributed by atoms with Gasteiger partial charge in [-0.15, -0.1) is 0 Å². The second-order valence-corrected chi connectivity index (χ2v) is 10.8. The van der Waals surface area contributed by atoms with E-state index in [9.17, 15) is 0 Å². The molecule has 0 aliphatic carbocycles. The van der Waals surface area contributed by atoms with Gasteiger partial charge in [0.1, 0.15) is 0 Å². The Morgan fingerprint density at radius 3 is 1.86 bits per heavy atom. The molecule has 0 saturated carbocycles. The van der Waals surface area contributed by atoms with Crippen molar-refractivity contribution in [1.82, 2.24) is 0 Å². The number of benzene rings is 2. The summed E-state index contributed by atoms with van der Waals surface area (Å²) in [4.78, 5) is 9.95. The van der Waals surface area contributed by atoms with Crippen LogP contribution in [0.25, 0.3) is 0 Å². The Morgan fingerprint density at radius 2 is 1.22 bits per heavy atom. The smallest absolute Gasteiger partial charge is 0.0639 e. The maximum atomic E-state index is 5.05. The Bertz CT molecular complexity index is 1010. The Balaban J connectivity index is 2.17. The zero-order valence-corrected chi connectivity index (χ0v) is 25.2. The van der Waals surface area contributed by atoms with Gasteiger partial charge in [0.25, 0.3) is 0 Å². The second-order valence-electron chi connectivity index (χ2n) is 10.8. The first-order chi connectivity index (χ1) is 17.9. The Morgan fingerprint density at radius 1 is 0.649 bits per heavy atom. The third kappa shape index (κ3) is 10.6. The van der Waals surface area contributed by atoms with Gasteiger partial charge in [0, 0.05) is 6.21 Å². The fourth-order valence-electron chi connectivity index (χ4n) is 5.26. The van der Waals surface area contributed by atoms with Crippen molar-refractivity contribution in [2.75, 3.05) is 0 Å². The average Bonchev–Trinajstić information content (AvgIpc) is 2.88. The summed E-state index contributed by atoms with van der Waals surface area (Å²) in [5, 5.41) is 0. The molecule has 0 aliphatic heterocycles. The van der Waals surface area contributed by atoms with Crippen LogP contribution in [0.3, 0.4) is 0 Å². The van der Waals surface area contributed by atoms with Gasteiger partial charge in [-0.1, -0.05) is 79.1 Å². The molecule has 2 rings (SSSR count). The highest BCUT2D eigenvalue weighted by molar-refractivity contribution is 6.31. The van der Waals surface area contributed by atoms with Gasteiger partial charge in [-0.25, -0.2) is 0 Å². The highest BCUT2D eigenvalue weighted by atomic mass is 14.8. The van der Waals surface area contributed by atoms with E-state index in [0.29, 0.717) is 0 Å². The van der Waals surface area contributed by atoms with E-state index in [1.807, 2.05) is 6.21 Å². The molecule has 0 atom stereocenters. The molecule has 2 nitrogen and oxygen atoms in total. The fraction of sp³-hybridized carbons (Fsp3) is 0.600. The summed E-state index contributed by atoms with van der Waals surface area (Å²) in [5.74, 6) is 0. The van der Waals surface area contributed by atoms with Crippen molar-refractivity contribution < 1.29 is 0 Å². The first kappa shape index (κ1) is 31.0. The molecule has 0 heterocycles. The van der Waals surface area contributed by atoms with Gasteiger partial charge >= 0.3 is 0 Å². The standard InChI is InChI=1S/C35H54N2/c1-8-12-14-16-17-19-20-30-24-33(22-27(5)29(30)7)36-26-32(10-3)37-34-23-28(6)35(11-4)31(25-34)21-18-15-13-9-2/h22-26H,8-21H2,1-7H3. The summed E-state index contributed by atoms with van der Waals surface area (Å²) in [6, 6.07) is 9.10. The maximum Gasteiger partial charge on any atom is 0.0639 e. The van der Waals surface area contributed by atoms with Crippen LogP contribution in [0.5, 0.6) is 0 Å². The molecule has 204 valence electrons. The van der Waals surface area contributed by atoms with Crippen LogP contribution in [0.15, 0.2) is 34.3 Å². The molecule has 0 fully saturated rings. The van der Waals surface area contributed by atoms with E-state index in [1.54, 1.807) is 0 Å². The van der Waals surface area contributed by atoms with E-state index in [4.69, 9.17) is 9.98 Å². The Hall–Kier alpha value is -2.22. The first-order valence-electron chi connectivity index (χ1n) is 15.3. The van der Waals surface area contributed by atoms with Gasteiger partial charge in [-0.05, 0) is 117 Å². The van der Waals surface area contributed by atoms with E-state index in [-0.39, 0.29) is 0 Å². The van der Waals surface area contributed by atoms with Gasteiger partial charge in [-0.3, -0.25) is 9.98 Å². The van der Waals surface area contributed by atoms with E-state index in [0.717, 1.165) is 42.8 Å². The summed E-state index contributed by atoms with van der Waals surface area (Å²) in [7, 11) is 0. The van der Waals surface area contributed by atoms with Crippen LogP contribution in [0.1, 0.15) is 132 Å². The highest BCUT2D eigenvalue weighted by Gasteiger charge is 2.08. The van der Waals surface area contributed by atoms with Crippen molar-refractivity contribution in [3.05, 3.63) is 57.6 Å². The van der Waals surface area contributed by atoms with E-state index < -0.39 is 0 Å². The molecule has 0 N–H and O–H groups in total. The predicted molar refractivity (Wildman–Crippen MR) is 167 cm³/mol. The fourth-order valence-corrected chi connectivity index (χ4v) is 5.26. The minimum atomic E-state index is 0.874. The molecule has 2 aromatic carbocycles. The topological polar surface area (TPSA) is 24.7 Å². The van der Waals surface area contributed by atoms with Crippen molar-refractivity contribution in [3.8, 4) is 0 Å². The third-order valence-electron chi connectivity index (χ3n) is 7.76. The second kappa shape index (κ2) is 17.3. The number of aryl methyl sites for hydroxylation is 4. The lowest BCUT2D eigenvalue weighted by Crippen LogP contribution is -2.00. The van der Waals surface area contributed by atoms with Crippen LogP contribution in [-0.2, 0) is 19.3 Å². The van der Waals surface area contributed by atoms with Crippen LogP contribution < -0.4 is 0 Å². The lowest BCUT2D eigenvalue weighted by molar-refractivity contribution is 0.607. The lowest BCUT2D eigenvalue weighted by Gasteiger charge is -2.13. The summed E-state index contributed by atoms with van der Waals surface area (Å²) < 4.78 is 0. The number of rotatable bonds is 17. The van der Waals surface area contributed by atoms with E-state index in [1.165, 1.54) is 97.6 Å². The molecule has 0 aliphatic rings. The van der Waals surface area contributed by atoms with Crippen molar-refractivity contribution in [2.45, 2.75) is 138 Å². The molecular weight excluding hydrogens is 448 g/mol. The Kier molecular flexibility index (Phi) is 14.5. The molecule has 0 amide bonds. The number of unbranched alkanes of at least 4 members (excludes halogenated alkanes) is 8. The number of hydrogen-bond donors (Lipinski definition) is 0. The minimum absolute atomic E-state index is 0.874. The average molecular weight is 503 g/mol. The summed E-state index contributed by atoms with van der Waals surface area (Å²) >= 11 is 0. The maximum absolute atomic E-state index is 5.05. The molecule has 0 unspecified atom stereocenters. The Labute approximate surface area is 229 Å². The van der Waals surface area contributed by atoms with Gasteiger partial charge < -0.3 is 0 Å². The van der Waals surface area contributed by atoms with Crippen molar-refractivity contribution in [3.63, 3.8) is 0 Å². The molecule has 0 bridgehead atoms. The van der Waals surface area contributed by atoms with Gasteiger partial charge in [0.15, 0.2) is 0 Å². The largest absolute Gasteiger partial charge is 0.255 e. The zero-order valence-electron chi connectivity index (χ0n) is 25.2. The van der Waals surface area contributed by atoms with Crippen LogP contribution >= 0.6 is 0 Å². The molecular formula is C35H54N2. The van der Waals surface area contributed by atoms with Gasteiger partial charge in [0.2, 0.25) is 0 Å². The quantitative estimate of drug-likeness (QED) is 0.152. The van der Waals surface area contributed by atoms with Crippen LogP contribution in [0.2, 0.25) is 0 Å². The third-order valence-corrected chi connectivity index (χ3v) is 7.76. The van der Waals surface area contributed by atoms with Crippen molar-refractivity contribution in [2.24, 2.45) is 9.98 Å². The SMILES string of the molecule is CCCCCCCCc1cc(N=CC(CC)=Nc2cc(C)c(CC)c(CCCCCC)c2)cc(C)c1C. The molecule has 0 spiro atoms. The first-order valence-corrected chi connectivity index (χ1v) is 15.3. The van der Waals surface area contributed by atoms with Crippen LogP contribution in [0, 0.1) is 20.8 Å². The van der Waals surface area contributed by atoms with E-state index >= 15 is 0 Å². The monoisotopic (exact) mass is 502 g/mol. The number of nitrogens with zero attached hydrogens (tertiary/aromatic N) is 2. The molecule has 37 heavy (non-hydrogen) atoms. The molecule has 0 aromatic heterocycles. The van der Waals surface area contributed by atoms with Crippen LogP contribution in [0.4, 0.5) is 11.4 Å². The molecule has 0 saturated heterocycles. The minimum Gasteiger partial charge on any atom is -0.255 e. The summed E-state index contributed by atoms with van der Waals surface area (Å²) in [6.07, 6.45) is 19.5. The normalized spacial score (nSPS) is 12.1. The van der Waals surface area contributed by atoms with Crippen molar-refractivity contribution in [1.29, 1.82) is 0 Å². The van der Waals surface area contributed by atoms with Crippen LogP contribution in [-0.4, -0.2) is 11.9 Å². The summed E-state index contributed by atoms with van der Waals surface area (Å²) in [6.45, 7) is 15.7. The predicted octanol–water partition coefficient (Wildman–Crippen LogP) is 11.1. The highest BCUT2D eigenvalue weighted by Crippen LogP contribution is 2.27. The number of hydrogen-bond acceptors (Lipinski definition) is 2. The van der Waals surface area contributed by atoms with Gasteiger partial charge in [-0.2, -0.15) is 0 Å². The molecule has 0 radical (unpaired) electrons. The van der Waals surface area contributed by atoms with E-state index in [2.05, 4.69) is 72.7 Å². The van der Waals surface area contributed by atoms with Crippen molar-refractivity contribution >= 4 is 23.3 Å². The summed E-state index contributed by atoms with van der Waals surface area (Å²) in [5.41, 5.74) is 11.8. The number of aliphatic imine (C=N–C) groups is 2. The lowest BCUT2D eigenvalue weighted by atomic mass is 9.94.